The molecule has 0 aliphatic rings. The van der Waals surface area contributed by atoms with Crippen molar-refractivity contribution in [2.45, 2.75) is 19.9 Å². The van der Waals surface area contributed by atoms with Gasteiger partial charge in [-0.2, -0.15) is 0 Å². The average Bonchev–Trinajstić information content (AvgIpc) is 2.48. The summed E-state index contributed by atoms with van der Waals surface area (Å²) in [6.07, 6.45) is 0. The Kier molecular flexibility index (Phi) is 5.05. The Bertz CT molecular complexity index is 566. The Morgan fingerprint density at radius 1 is 1.15 bits per heavy atom. The number of ether oxygens (including phenoxy) is 1. The highest BCUT2D eigenvalue weighted by molar-refractivity contribution is 6.31. The molecule has 2 nitrogen and oxygen atoms in total. The van der Waals surface area contributed by atoms with Crippen molar-refractivity contribution in [3.8, 4) is 5.75 Å². The lowest BCUT2D eigenvalue weighted by molar-refractivity contribution is 0.414. The Morgan fingerprint density at radius 2 is 1.85 bits per heavy atom. The van der Waals surface area contributed by atoms with E-state index in [9.17, 15) is 0 Å². The maximum Gasteiger partial charge on any atom is 0.118 e. The van der Waals surface area contributed by atoms with Crippen LogP contribution in [0, 0.1) is 6.92 Å². The third kappa shape index (κ3) is 3.14. The van der Waals surface area contributed by atoms with Crippen molar-refractivity contribution >= 4 is 11.6 Å². The van der Waals surface area contributed by atoms with E-state index in [0.717, 1.165) is 22.9 Å². The minimum Gasteiger partial charge on any atom is -0.497 e. The van der Waals surface area contributed by atoms with Crippen LogP contribution < -0.4 is 10.1 Å². The first-order chi connectivity index (χ1) is 9.67. The highest BCUT2D eigenvalue weighted by Crippen LogP contribution is 2.29. The highest BCUT2D eigenvalue weighted by Gasteiger charge is 2.16. The van der Waals surface area contributed by atoms with Crippen LogP contribution in [0.25, 0.3) is 0 Å². The summed E-state index contributed by atoms with van der Waals surface area (Å²) in [5, 5.41) is 4.33. The van der Waals surface area contributed by atoms with Gasteiger partial charge >= 0.3 is 0 Å². The number of hydrogen-bond acceptors (Lipinski definition) is 2. The van der Waals surface area contributed by atoms with Gasteiger partial charge in [-0.25, -0.2) is 0 Å². The van der Waals surface area contributed by atoms with Crippen molar-refractivity contribution in [3.05, 3.63) is 64.2 Å². The smallest absolute Gasteiger partial charge is 0.118 e. The molecule has 0 bridgehead atoms. The van der Waals surface area contributed by atoms with Gasteiger partial charge in [-0.1, -0.05) is 42.8 Å². The van der Waals surface area contributed by atoms with Crippen LogP contribution in [-0.2, 0) is 0 Å². The van der Waals surface area contributed by atoms with Gasteiger partial charge < -0.3 is 10.1 Å². The van der Waals surface area contributed by atoms with Crippen LogP contribution >= 0.6 is 11.6 Å². The Morgan fingerprint density at radius 3 is 2.45 bits per heavy atom. The lowest BCUT2D eigenvalue weighted by atomic mass is 9.95. The summed E-state index contributed by atoms with van der Waals surface area (Å²) in [5.74, 6) is 0.867. The zero-order valence-corrected chi connectivity index (χ0v) is 12.9. The molecule has 0 aliphatic heterocycles. The van der Waals surface area contributed by atoms with Gasteiger partial charge in [0.25, 0.3) is 0 Å². The van der Waals surface area contributed by atoms with Crippen LogP contribution in [0.1, 0.15) is 29.7 Å². The van der Waals surface area contributed by atoms with Gasteiger partial charge in [0, 0.05) is 5.02 Å². The van der Waals surface area contributed by atoms with Crippen LogP contribution in [-0.4, -0.2) is 13.7 Å². The number of rotatable bonds is 5. The average molecular weight is 290 g/mol. The van der Waals surface area contributed by atoms with Crippen molar-refractivity contribution in [2.24, 2.45) is 0 Å². The standard InChI is InChI=1S/C17H20ClNO/c1-4-19-17(13-8-10-14(20-3)11-9-13)15-6-5-7-16(18)12(15)2/h5-11,17,19H,4H2,1-3H3. The Balaban J connectivity index is 2.41. The summed E-state index contributed by atoms with van der Waals surface area (Å²) in [7, 11) is 1.68. The molecule has 2 aromatic rings. The Labute approximate surface area is 125 Å². The molecule has 3 heteroatoms. The number of halogens is 1. The second-order valence-electron chi connectivity index (χ2n) is 4.72. The second kappa shape index (κ2) is 6.78. The van der Waals surface area contributed by atoms with E-state index in [0.29, 0.717) is 0 Å². The molecule has 1 atom stereocenters. The van der Waals surface area contributed by atoms with Gasteiger partial charge in [0.05, 0.1) is 13.2 Å². The summed E-state index contributed by atoms with van der Waals surface area (Å²) < 4.78 is 5.22. The molecule has 1 N–H and O–H groups in total. The fraction of sp³-hybridized carbons (Fsp3) is 0.294. The fourth-order valence-electron chi connectivity index (χ4n) is 2.34. The van der Waals surface area contributed by atoms with E-state index in [2.05, 4.69) is 37.4 Å². The number of methoxy groups -OCH3 is 1. The molecule has 0 aromatic heterocycles. The molecule has 0 saturated carbocycles. The first kappa shape index (κ1) is 14.9. The third-order valence-corrected chi connectivity index (χ3v) is 3.89. The molecule has 2 rings (SSSR count). The molecule has 0 saturated heterocycles. The summed E-state index contributed by atoms with van der Waals surface area (Å²) >= 11 is 6.25. The monoisotopic (exact) mass is 289 g/mol. The first-order valence-corrected chi connectivity index (χ1v) is 7.17. The molecular weight excluding hydrogens is 270 g/mol. The van der Waals surface area contributed by atoms with Crippen molar-refractivity contribution < 1.29 is 4.74 Å². The minimum atomic E-state index is 0.143. The molecule has 1 unspecified atom stereocenters. The molecule has 0 amide bonds. The first-order valence-electron chi connectivity index (χ1n) is 6.79. The zero-order chi connectivity index (χ0) is 14.5. The summed E-state index contributed by atoms with van der Waals surface area (Å²) in [5.41, 5.74) is 3.54. The topological polar surface area (TPSA) is 21.3 Å². The zero-order valence-electron chi connectivity index (χ0n) is 12.1. The molecular formula is C17H20ClNO. The molecule has 0 heterocycles. The van der Waals surface area contributed by atoms with Gasteiger partial charge in [-0.05, 0) is 48.4 Å². The van der Waals surface area contributed by atoms with Gasteiger partial charge in [-0.3, -0.25) is 0 Å². The number of hydrogen-bond donors (Lipinski definition) is 1. The predicted molar refractivity (Wildman–Crippen MR) is 84.7 cm³/mol. The van der Waals surface area contributed by atoms with E-state index in [1.54, 1.807) is 7.11 Å². The quantitative estimate of drug-likeness (QED) is 0.883. The molecule has 0 radical (unpaired) electrons. The minimum absolute atomic E-state index is 0.143. The predicted octanol–water partition coefficient (Wildman–Crippen LogP) is 4.36. The highest BCUT2D eigenvalue weighted by atomic mass is 35.5. The third-order valence-electron chi connectivity index (χ3n) is 3.48. The molecule has 0 aliphatic carbocycles. The number of nitrogens with one attached hydrogen (secondary N) is 1. The largest absolute Gasteiger partial charge is 0.497 e. The molecule has 106 valence electrons. The van der Waals surface area contributed by atoms with E-state index in [4.69, 9.17) is 16.3 Å². The van der Waals surface area contributed by atoms with Crippen LogP contribution in [0.3, 0.4) is 0 Å². The van der Waals surface area contributed by atoms with Crippen molar-refractivity contribution in [2.75, 3.05) is 13.7 Å². The molecule has 20 heavy (non-hydrogen) atoms. The van der Waals surface area contributed by atoms with Crippen LogP contribution in [0.2, 0.25) is 5.02 Å². The van der Waals surface area contributed by atoms with E-state index in [1.165, 1.54) is 11.1 Å². The lowest BCUT2D eigenvalue weighted by Crippen LogP contribution is -2.22. The molecule has 0 fully saturated rings. The Hall–Kier alpha value is -1.51. The molecule has 2 aromatic carbocycles. The van der Waals surface area contributed by atoms with E-state index in [-0.39, 0.29) is 6.04 Å². The van der Waals surface area contributed by atoms with Crippen LogP contribution in [0.5, 0.6) is 5.75 Å². The SMILES string of the molecule is CCNC(c1ccc(OC)cc1)c1cccc(Cl)c1C. The maximum absolute atomic E-state index is 6.25. The normalized spacial score (nSPS) is 12.2. The second-order valence-corrected chi connectivity index (χ2v) is 5.13. The van der Waals surface area contributed by atoms with Crippen molar-refractivity contribution in [1.82, 2.24) is 5.32 Å². The summed E-state index contributed by atoms with van der Waals surface area (Å²) in [4.78, 5) is 0. The fourth-order valence-corrected chi connectivity index (χ4v) is 2.53. The molecule has 0 spiro atoms. The number of benzene rings is 2. The van der Waals surface area contributed by atoms with Gasteiger partial charge in [-0.15, -0.1) is 0 Å². The van der Waals surface area contributed by atoms with Gasteiger partial charge in [0.15, 0.2) is 0 Å². The maximum atomic E-state index is 6.25. The van der Waals surface area contributed by atoms with Crippen molar-refractivity contribution in [3.63, 3.8) is 0 Å². The summed E-state index contributed by atoms with van der Waals surface area (Å²) in [6.45, 7) is 5.06. The van der Waals surface area contributed by atoms with Gasteiger partial charge in [0.1, 0.15) is 5.75 Å². The van der Waals surface area contributed by atoms with E-state index >= 15 is 0 Å². The van der Waals surface area contributed by atoms with E-state index < -0.39 is 0 Å². The van der Waals surface area contributed by atoms with Crippen LogP contribution in [0.4, 0.5) is 0 Å². The van der Waals surface area contributed by atoms with Crippen LogP contribution in [0.15, 0.2) is 42.5 Å². The van der Waals surface area contributed by atoms with Crippen molar-refractivity contribution in [1.29, 1.82) is 0 Å². The van der Waals surface area contributed by atoms with E-state index in [1.807, 2.05) is 24.3 Å². The summed E-state index contributed by atoms with van der Waals surface area (Å²) in [6, 6.07) is 14.3. The lowest BCUT2D eigenvalue weighted by Gasteiger charge is -2.21. The van der Waals surface area contributed by atoms with Gasteiger partial charge in [0.2, 0.25) is 0 Å².